The van der Waals surface area contributed by atoms with Crippen LogP contribution < -0.4 is 0 Å². The molecule has 0 fully saturated rings. The quantitative estimate of drug-likeness (QED) is 0.372. The van der Waals surface area contributed by atoms with E-state index in [4.69, 9.17) is 9.16 Å². The molecule has 0 aromatic rings. The molecule has 0 aliphatic carbocycles. The van der Waals surface area contributed by atoms with Crippen LogP contribution >= 0.6 is 0 Å². The number of carbonyl (C=O) groups is 1. The van der Waals surface area contributed by atoms with Gasteiger partial charge in [0.05, 0.1) is 0 Å². The van der Waals surface area contributed by atoms with Crippen molar-refractivity contribution in [3.63, 3.8) is 0 Å². The van der Waals surface area contributed by atoms with E-state index in [1.165, 1.54) is 0 Å². The predicted octanol–water partition coefficient (Wildman–Crippen LogP) is 3.70. The third kappa shape index (κ3) is 4.66. The summed E-state index contributed by atoms with van der Waals surface area (Å²) < 4.78 is 11.4. The lowest BCUT2D eigenvalue weighted by atomic mass is 10.4. The van der Waals surface area contributed by atoms with E-state index in [0.29, 0.717) is 6.42 Å². The molecule has 96 valence electrons. The molecule has 0 rings (SSSR count). The first-order valence-corrected chi connectivity index (χ1v) is 8.97. The highest BCUT2D eigenvalue weighted by molar-refractivity contribution is 6.73. The summed E-state index contributed by atoms with van der Waals surface area (Å²) in [4.78, 5) is 11.2. The van der Waals surface area contributed by atoms with Crippen molar-refractivity contribution in [2.45, 2.75) is 71.9 Å². The van der Waals surface area contributed by atoms with Crippen LogP contribution in [-0.2, 0) is 14.0 Å². The third-order valence-electron chi connectivity index (χ3n) is 3.20. The Morgan fingerprint density at radius 1 is 1.06 bits per heavy atom. The zero-order chi connectivity index (χ0) is 12.6. The molecule has 0 N–H and O–H groups in total. The second-order valence-electron chi connectivity index (χ2n) is 4.04. The topological polar surface area (TPSA) is 35.5 Å². The van der Waals surface area contributed by atoms with Crippen LogP contribution in [0.4, 0.5) is 0 Å². The largest absolute Gasteiger partial charge is 0.437 e. The molecule has 0 radical (unpaired) electrons. The molecule has 0 aromatic heterocycles. The van der Waals surface area contributed by atoms with Crippen molar-refractivity contribution in [3.05, 3.63) is 0 Å². The van der Waals surface area contributed by atoms with E-state index in [0.717, 1.165) is 24.6 Å². The van der Waals surface area contributed by atoms with Crippen LogP contribution in [0.3, 0.4) is 0 Å². The second kappa shape index (κ2) is 7.85. The van der Waals surface area contributed by atoms with Crippen molar-refractivity contribution in [3.8, 4) is 0 Å². The normalized spacial score (nSPS) is 13.6. The van der Waals surface area contributed by atoms with Gasteiger partial charge in [0.25, 0.3) is 0 Å². The fraction of sp³-hybridized carbons (Fsp3) is 0.917. The minimum Gasteiger partial charge on any atom is -0.437 e. The molecule has 0 spiro atoms. The van der Waals surface area contributed by atoms with Crippen molar-refractivity contribution in [2.75, 3.05) is 0 Å². The summed E-state index contributed by atoms with van der Waals surface area (Å²) >= 11 is 0. The maximum atomic E-state index is 11.2. The molecule has 0 aliphatic rings. The third-order valence-corrected chi connectivity index (χ3v) is 7.83. The molecule has 0 saturated carbocycles. The lowest BCUT2D eigenvalue weighted by Gasteiger charge is -2.32. The van der Waals surface area contributed by atoms with E-state index in [2.05, 4.69) is 20.8 Å². The van der Waals surface area contributed by atoms with E-state index in [-0.39, 0.29) is 12.3 Å². The minimum atomic E-state index is -1.66. The predicted molar refractivity (Wildman–Crippen MR) is 68.7 cm³/mol. The molecule has 1 atom stereocenters. The van der Waals surface area contributed by atoms with Gasteiger partial charge in [-0.3, -0.25) is 4.79 Å². The van der Waals surface area contributed by atoms with Crippen molar-refractivity contribution in [1.82, 2.24) is 0 Å². The van der Waals surface area contributed by atoms with Crippen LogP contribution in [-0.4, -0.2) is 20.6 Å². The summed E-state index contributed by atoms with van der Waals surface area (Å²) in [6, 6.07) is 3.25. The Bertz CT molecular complexity index is 194. The second-order valence-corrected chi connectivity index (χ2v) is 8.77. The van der Waals surface area contributed by atoms with Crippen LogP contribution in [0, 0.1) is 0 Å². The fourth-order valence-electron chi connectivity index (χ4n) is 1.70. The van der Waals surface area contributed by atoms with Crippen LogP contribution in [0.2, 0.25) is 18.1 Å². The Hall–Kier alpha value is -0.353. The van der Waals surface area contributed by atoms with Crippen molar-refractivity contribution < 1.29 is 14.0 Å². The van der Waals surface area contributed by atoms with Crippen LogP contribution in [0.15, 0.2) is 0 Å². The van der Waals surface area contributed by atoms with Gasteiger partial charge in [0.2, 0.25) is 0 Å². The van der Waals surface area contributed by atoms with Gasteiger partial charge in [0.1, 0.15) is 0 Å². The number of esters is 1. The van der Waals surface area contributed by atoms with Crippen LogP contribution in [0.25, 0.3) is 0 Å². The van der Waals surface area contributed by atoms with Gasteiger partial charge in [0, 0.05) is 12.8 Å². The number of hydrogen-bond acceptors (Lipinski definition) is 3. The summed E-state index contributed by atoms with van der Waals surface area (Å²) in [7, 11) is -1.66. The minimum absolute atomic E-state index is 0.168. The number of carbonyl (C=O) groups excluding carboxylic acids is 1. The first kappa shape index (κ1) is 15.6. The Morgan fingerprint density at radius 3 is 1.88 bits per heavy atom. The first-order chi connectivity index (χ1) is 7.57. The summed E-state index contributed by atoms with van der Waals surface area (Å²) in [5.41, 5.74) is 0. The zero-order valence-corrected chi connectivity index (χ0v) is 12.3. The SMILES string of the molecule is CCC(=O)OC(CC)O[Si](CC)(CC)CC. The summed E-state index contributed by atoms with van der Waals surface area (Å²) in [6.07, 6.45) is 0.818. The van der Waals surface area contributed by atoms with E-state index in [1.54, 1.807) is 6.92 Å². The fourth-order valence-corrected chi connectivity index (χ4v) is 4.47. The highest BCUT2D eigenvalue weighted by Gasteiger charge is 2.32. The zero-order valence-electron chi connectivity index (χ0n) is 11.3. The Kier molecular flexibility index (Phi) is 7.67. The Morgan fingerprint density at radius 2 is 1.56 bits per heavy atom. The van der Waals surface area contributed by atoms with Gasteiger partial charge in [-0.15, -0.1) is 0 Å². The molecular formula is C12H26O3Si. The average molecular weight is 246 g/mol. The lowest BCUT2D eigenvalue weighted by molar-refractivity contribution is -0.165. The van der Waals surface area contributed by atoms with E-state index in [9.17, 15) is 4.79 Å². The number of ether oxygens (including phenoxy) is 1. The Balaban J connectivity index is 4.43. The molecule has 1 unspecified atom stereocenters. The average Bonchev–Trinajstić information content (AvgIpc) is 2.34. The van der Waals surface area contributed by atoms with Crippen molar-refractivity contribution >= 4 is 14.3 Å². The summed E-state index contributed by atoms with van der Waals surface area (Å²) in [6.45, 7) is 10.3. The van der Waals surface area contributed by atoms with Gasteiger partial charge in [-0.25, -0.2) is 0 Å². The van der Waals surface area contributed by atoms with Gasteiger partial charge in [0.15, 0.2) is 14.6 Å². The summed E-state index contributed by atoms with van der Waals surface area (Å²) in [5.74, 6) is -0.168. The van der Waals surface area contributed by atoms with Gasteiger partial charge in [-0.1, -0.05) is 34.6 Å². The van der Waals surface area contributed by atoms with Gasteiger partial charge in [-0.05, 0) is 18.1 Å². The number of hydrogen-bond donors (Lipinski definition) is 0. The maximum Gasteiger partial charge on any atom is 0.307 e. The Labute approximate surface area is 101 Å². The molecule has 0 aliphatic heterocycles. The summed E-state index contributed by atoms with van der Waals surface area (Å²) in [5, 5.41) is 0. The smallest absolute Gasteiger partial charge is 0.307 e. The standard InChI is InChI=1S/C12H26O3Si/c1-6-11(13)14-12(7-2)15-16(8-3,9-4)10-5/h12H,6-10H2,1-5H3. The van der Waals surface area contributed by atoms with Crippen LogP contribution in [0.1, 0.15) is 47.5 Å². The van der Waals surface area contributed by atoms with Crippen molar-refractivity contribution in [1.29, 1.82) is 0 Å². The molecule has 16 heavy (non-hydrogen) atoms. The van der Waals surface area contributed by atoms with Gasteiger partial charge >= 0.3 is 5.97 Å². The highest BCUT2D eigenvalue weighted by Crippen LogP contribution is 2.24. The lowest BCUT2D eigenvalue weighted by Crippen LogP contribution is -2.41. The van der Waals surface area contributed by atoms with Gasteiger partial charge in [-0.2, -0.15) is 0 Å². The maximum absolute atomic E-state index is 11.2. The molecule has 3 nitrogen and oxygen atoms in total. The number of rotatable bonds is 8. The molecule has 0 saturated heterocycles. The monoisotopic (exact) mass is 246 g/mol. The highest BCUT2D eigenvalue weighted by atomic mass is 28.4. The molecule has 4 heteroatoms. The molecule has 0 bridgehead atoms. The van der Waals surface area contributed by atoms with E-state index >= 15 is 0 Å². The van der Waals surface area contributed by atoms with E-state index in [1.807, 2.05) is 6.92 Å². The molecule has 0 amide bonds. The van der Waals surface area contributed by atoms with Gasteiger partial charge < -0.3 is 9.16 Å². The van der Waals surface area contributed by atoms with Crippen molar-refractivity contribution in [2.24, 2.45) is 0 Å². The first-order valence-electron chi connectivity index (χ1n) is 6.44. The molecule has 0 aromatic carbocycles. The molecular weight excluding hydrogens is 220 g/mol. The van der Waals surface area contributed by atoms with E-state index < -0.39 is 8.32 Å². The molecule has 0 heterocycles. The van der Waals surface area contributed by atoms with Crippen LogP contribution in [0.5, 0.6) is 0 Å².